The second-order valence-corrected chi connectivity index (χ2v) is 7.36. The van der Waals surface area contributed by atoms with Gasteiger partial charge in [0.2, 0.25) is 11.6 Å². The molecule has 0 N–H and O–H groups in total. The molecule has 31 heavy (non-hydrogen) atoms. The van der Waals surface area contributed by atoms with Crippen molar-refractivity contribution in [3.63, 3.8) is 0 Å². The fourth-order valence-electron chi connectivity index (χ4n) is 3.53. The standard InChI is InChI=1S/C22H15ClN2O6/c1-31-12-7-5-11(6-8-12)25-14-4-2-3-13(23)18(14)24-19(22(25)30)21(29)17-15(26)9-10-16(27)20(17)28/h2-8,17H,9-10H2,1H3. The SMILES string of the molecule is COc1ccc(-n2c(=O)c(C(=O)C3C(=O)CCC(=O)C3=O)nc3c(Cl)cccc32)cc1. The van der Waals surface area contributed by atoms with Gasteiger partial charge in [0.25, 0.3) is 5.56 Å². The van der Waals surface area contributed by atoms with Gasteiger partial charge in [-0.15, -0.1) is 0 Å². The Morgan fingerprint density at radius 2 is 1.77 bits per heavy atom. The summed E-state index contributed by atoms with van der Waals surface area (Å²) in [6.07, 6.45) is -0.476. The third-order valence-electron chi connectivity index (χ3n) is 5.12. The van der Waals surface area contributed by atoms with Gasteiger partial charge in [-0.25, -0.2) is 4.98 Å². The molecular formula is C22H15ClN2O6. The highest BCUT2D eigenvalue weighted by Gasteiger charge is 2.43. The number of rotatable bonds is 4. The molecule has 1 fully saturated rings. The van der Waals surface area contributed by atoms with Crippen LogP contribution in [0.5, 0.6) is 5.75 Å². The van der Waals surface area contributed by atoms with E-state index in [2.05, 4.69) is 4.98 Å². The van der Waals surface area contributed by atoms with Crippen LogP contribution < -0.4 is 10.3 Å². The molecule has 3 aromatic rings. The Morgan fingerprint density at radius 1 is 1.06 bits per heavy atom. The zero-order valence-corrected chi connectivity index (χ0v) is 17.0. The first-order valence-corrected chi connectivity index (χ1v) is 9.71. The molecule has 1 aliphatic rings. The molecule has 9 heteroatoms. The molecule has 8 nitrogen and oxygen atoms in total. The summed E-state index contributed by atoms with van der Waals surface area (Å²) in [4.78, 5) is 66.8. The van der Waals surface area contributed by atoms with Crippen LogP contribution >= 0.6 is 11.6 Å². The van der Waals surface area contributed by atoms with Crippen LogP contribution in [0.4, 0.5) is 0 Å². The first-order chi connectivity index (χ1) is 14.8. The number of Topliss-reactive ketones (excluding diaryl/α,β-unsaturated/α-hetero) is 4. The monoisotopic (exact) mass is 438 g/mol. The van der Waals surface area contributed by atoms with Gasteiger partial charge in [-0.05, 0) is 36.4 Å². The maximum absolute atomic E-state index is 13.3. The highest BCUT2D eigenvalue weighted by atomic mass is 35.5. The summed E-state index contributed by atoms with van der Waals surface area (Å²) in [5, 5.41) is 0.172. The minimum atomic E-state index is -1.86. The van der Waals surface area contributed by atoms with E-state index in [9.17, 15) is 24.0 Å². The molecule has 0 spiro atoms. The number of methoxy groups -OCH3 is 1. The van der Waals surface area contributed by atoms with E-state index in [4.69, 9.17) is 16.3 Å². The zero-order chi connectivity index (χ0) is 22.3. The number of fused-ring (bicyclic) bond motifs is 1. The number of para-hydroxylation sites is 1. The number of carbonyl (C=O) groups is 4. The van der Waals surface area contributed by atoms with Gasteiger partial charge in [0.1, 0.15) is 17.2 Å². The molecule has 156 valence electrons. The van der Waals surface area contributed by atoms with Gasteiger partial charge in [-0.2, -0.15) is 0 Å². The van der Waals surface area contributed by atoms with Gasteiger partial charge >= 0.3 is 0 Å². The summed E-state index contributed by atoms with van der Waals surface area (Å²) in [6.45, 7) is 0. The lowest BCUT2D eigenvalue weighted by Gasteiger charge is -2.18. The molecule has 0 bridgehead atoms. The van der Waals surface area contributed by atoms with Crippen molar-refractivity contribution in [3.8, 4) is 11.4 Å². The highest BCUT2D eigenvalue weighted by molar-refractivity contribution is 6.49. The molecule has 0 amide bonds. The maximum Gasteiger partial charge on any atom is 0.285 e. The van der Waals surface area contributed by atoms with Crippen molar-refractivity contribution in [2.75, 3.05) is 7.11 Å². The van der Waals surface area contributed by atoms with Gasteiger partial charge in [-0.3, -0.25) is 28.5 Å². The maximum atomic E-state index is 13.3. The summed E-state index contributed by atoms with van der Waals surface area (Å²) in [6, 6.07) is 11.2. The molecule has 1 aliphatic carbocycles. The summed E-state index contributed by atoms with van der Waals surface area (Å²) in [5.41, 5.74) is -0.588. The molecule has 1 aromatic heterocycles. The van der Waals surface area contributed by atoms with Crippen LogP contribution in [0.15, 0.2) is 47.3 Å². The van der Waals surface area contributed by atoms with Crippen LogP contribution in [0, 0.1) is 5.92 Å². The number of ketones is 4. The minimum absolute atomic E-state index is 0.143. The Hall–Kier alpha value is -3.65. The van der Waals surface area contributed by atoms with Crippen LogP contribution in [0.3, 0.4) is 0 Å². The number of benzene rings is 2. The first-order valence-electron chi connectivity index (χ1n) is 9.33. The van der Waals surface area contributed by atoms with Crippen molar-refractivity contribution in [2.24, 2.45) is 5.92 Å². The topological polar surface area (TPSA) is 112 Å². The molecular weight excluding hydrogens is 424 g/mol. The zero-order valence-electron chi connectivity index (χ0n) is 16.3. The number of ether oxygens (including phenoxy) is 1. The lowest BCUT2D eigenvalue weighted by atomic mass is 9.82. The van der Waals surface area contributed by atoms with Crippen LogP contribution in [0.1, 0.15) is 23.3 Å². The summed E-state index contributed by atoms with van der Waals surface area (Å²) in [7, 11) is 1.50. The van der Waals surface area contributed by atoms with Gasteiger partial charge in [-0.1, -0.05) is 17.7 Å². The molecule has 0 aliphatic heterocycles. The van der Waals surface area contributed by atoms with E-state index in [1.807, 2.05) is 0 Å². The molecule has 1 unspecified atom stereocenters. The average molecular weight is 439 g/mol. The number of carbonyl (C=O) groups excluding carboxylic acids is 4. The van der Waals surface area contributed by atoms with Crippen molar-refractivity contribution >= 4 is 45.8 Å². The molecule has 4 rings (SSSR count). The Balaban J connectivity index is 1.97. The van der Waals surface area contributed by atoms with Gasteiger partial charge < -0.3 is 4.74 Å². The van der Waals surface area contributed by atoms with Crippen LogP contribution in [0.2, 0.25) is 5.02 Å². The summed E-state index contributed by atoms with van der Waals surface area (Å²) >= 11 is 6.26. The van der Waals surface area contributed by atoms with E-state index in [1.54, 1.807) is 36.4 Å². The third-order valence-corrected chi connectivity index (χ3v) is 5.42. The molecule has 0 saturated heterocycles. The normalized spacial score (nSPS) is 16.6. The second kappa shape index (κ2) is 7.88. The number of aromatic nitrogens is 2. The fourth-order valence-corrected chi connectivity index (χ4v) is 3.74. The number of halogens is 1. The predicted molar refractivity (Wildman–Crippen MR) is 111 cm³/mol. The molecule has 0 radical (unpaired) electrons. The average Bonchev–Trinajstić information content (AvgIpc) is 2.76. The van der Waals surface area contributed by atoms with Crippen molar-refractivity contribution in [2.45, 2.75) is 12.8 Å². The summed E-state index contributed by atoms with van der Waals surface area (Å²) in [5.74, 6) is -5.03. The van der Waals surface area contributed by atoms with Crippen molar-refractivity contribution in [1.82, 2.24) is 9.55 Å². The Morgan fingerprint density at radius 3 is 2.45 bits per heavy atom. The smallest absolute Gasteiger partial charge is 0.285 e. The molecule has 1 heterocycles. The van der Waals surface area contributed by atoms with Crippen molar-refractivity contribution in [3.05, 3.63) is 63.5 Å². The van der Waals surface area contributed by atoms with E-state index in [-0.39, 0.29) is 23.4 Å². The van der Waals surface area contributed by atoms with Crippen molar-refractivity contribution < 1.29 is 23.9 Å². The van der Waals surface area contributed by atoms with Crippen LogP contribution in [-0.4, -0.2) is 39.8 Å². The third kappa shape index (κ3) is 3.44. The number of nitrogens with zero attached hydrogens (tertiary/aromatic N) is 2. The Bertz CT molecular complexity index is 1330. The Labute approximate surface area is 180 Å². The first kappa shape index (κ1) is 20.6. The van der Waals surface area contributed by atoms with Crippen LogP contribution in [0.25, 0.3) is 16.7 Å². The second-order valence-electron chi connectivity index (χ2n) is 6.96. The molecule has 2 aromatic carbocycles. The quantitative estimate of drug-likeness (QED) is 0.349. The fraction of sp³-hybridized carbons (Fsp3) is 0.182. The van der Waals surface area contributed by atoms with E-state index in [0.29, 0.717) is 17.0 Å². The van der Waals surface area contributed by atoms with E-state index in [0.717, 1.165) is 0 Å². The largest absolute Gasteiger partial charge is 0.497 e. The lowest BCUT2D eigenvalue weighted by Crippen LogP contribution is -2.43. The van der Waals surface area contributed by atoms with E-state index < -0.39 is 40.3 Å². The van der Waals surface area contributed by atoms with Gasteiger partial charge in [0.15, 0.2) is 17.3 Å². The number of hydrogen-bond acceptors (Lipinski definition) is 7. The predicted octanol–water partition coefficient (Wildman–Crippen LogP) is 2.35. The molecule has 1 saturated carbocycles. The Kier molecular flexibility index (Phi) is 5.24. The molecule has 1 atom stereocenters. The van der Waals surface area contributed by atoms with Gasteiger partial charge in [0.05, 0.1) is 17.6 Å². The number of hydrogen-bond donors (Lipinski definition) is 0. The van der Waals surface area contributed by atoms with Crippen LogP contribution in [-0.2, 0) is 14.4 Å². The van der Waals surface area contributed by atoms with E-state index in [1.165, 1.54) is 17.7 Å². The highest BCUT2D eigenvalue weighted by Crippen LogP contribution is 2.25. The minimum Gasteiger partial charge on any atom is -0.497 e. The van der Waals surface area contributed by atoms with Gasteiger partial charge in [0, 0.05) is 18.5 Å². The summed E-state index contributed by atoms with van der Waals surface area (Å²) < 4.78 is 6.36. The van der Waals surface area contributed by atoms with Crippen molar-refractivity contribution in [1.29, 1.82) is 0 Å². The lowest BCUT2D eigenvalue weighted by molar-refractivity contribution is -0.144. The van der Waals surface area contributed by atoms with E-state index >= 15 is 0 Å².